The minimum absolute atomic E-state index is 0.303. The van der Waals surface area contributed by atoms with Gasteiger partial charge in [0.1, 0.15) is 17.3 Å². The summed E-state index contributed by atoms with van der Waals surface area (Å²) in [6.45, 7) is 4.38. The maximum absolute atomic E-state index is 6.10. The third-order valence-electron chi connectivity index (χ3n) is 3.96. The molecule has 1 atom stereocenters. The summed E-state index contributed by atoms with van der Waals surface area (Å²) in [5, 5.41) is 3.04. The Balaban J connectivity index is 2.35. The molecule has 0 amide bonds. The molecule has 0 aliphatic heterocycles. The van der Waals surface area contributed by atoms with Gasteiger partial charge in [0.2, 0.25) is 0 Å². The van der Waals surface area contributed by atoms with E-state index in [1.807, 2.05) is 50.2 Å². The monoisotopic (exact) mass is 329 g/mol. The van der Waals surface area contributed by atoms with Crippen molar-refractivity contribution in [2.24, 2.45) is 0 Å². The third-order valence-corrected chi connectivity index (χ3v) is 4.49. The van der Waals surface area contributed by atoms with E-state index in [0.717, 1.165) is 22.4 Å². The average molecular weight is 329 g/mol. The molecule has 0 bridgehead atoms. The molecule has 3 nitrogen and oxygen atoms in total. The maximum Gasteiger partial charge on any atom is 0.176 e. The number of rotatable bonds is 6. The standard InChI is InChI=1S/C19H23NO2S/c1-14-10-11-15(2)17(12-14)22-13-19(21-4,18(23)20-3)16-8-6-5-7-9-16/h5-12H,13H2,1-4H3,(H,20,23). The number of benzene rings is 2. The van der Waals surface area contributed by atoms with E-state index >= 15 is 0 Å². The highest BCUT2D eigenvalue weighted by Gasteiger charge is 2.38. The lowest BCUT2D eigenvalue weighted by atomic mass is 9.94. The average Bonchev–Trinajstić information content (AvgIpc) is 2.59. The largest absolute Gasteiger partial charge is 0.489 e. The van der Waals surface area contributed by atoms with E-state index in [1.54, 1.807) is 14.2 Å². The van der Waals surface area contributed by atoms with Gasteiger partial charge in [-0.25, -0.2) is 0 Å². The van der Waals surface area contributed by atoms with Gasteiger partial charge in [0.25, 0.3) is 0 Å². The molecule has 0 heterocycles. The lowest BCUT2D eigenvalue weighted by Gasteiger charge is -2.33. The Hall–Kier alpha value is -1.91. The third kappa shape index (κ3) is 3.71. The molecular weight excluding hydrogens is 306 g/mol. The Labute approximate surface area is 143 Å². The van der Waals surface area contributed by atoms with Gasteiger partial charge < -0.3 is 14.8 Å². The zero-order chi connectivity index (χ0) is 16.9. The van der Waals surface area contributed by atoms with Gasteiger partial charge in [-0.15, -0.1) is 0 Å². The molecule has 2 rings (SSSR count). The smallest absolute Gasteiger partial charge is 0.176 e. The fourth-order valence-corrected chi connectivity index (χ4v) is 2.76. The summed E-state index contributed by atoms with van der Waals surface area (Å²) in [6, 6.07) is 16.1. The highest BCUT2D eigenvalue weighted by molar-refractivity contribution is 7.80. The number of hydrogen-bond acceptors (Lipinski definition) is 3. The van der Waals surface area contributed by atoms with Crippen LogP contribution in [0.4, 0.5) is 0 Å². The summed E-state index contributed by atoms with van der Waals surface area (Å²) in [6.07, 6.45) is 0. The first-order valence-electron chi connectivity index (χ1n) is 7.56. The van der Waals surface area contributed by atoms with Crippen molar-refractivity contribution in [3.8, 4) is 5.75 Å². The Kier molecular flexibility index (Phi) is 5.74. The number of ether oxygens (including phenoxy) is 2. The minimum Gasteiger partial charge on any atom is -0.489 e. The van der Waals surface area contributed by atoms with Gasteiger partial charge >= 0.3 is 0 Å². The predicted octanol–water partition coefficient (Wildman–Crippen LogP) is 3.77. The highest BCUT2D eigenvalue weighted by Crippen LogP contribution is 2.29. The van der Waals surface area contributed by atoms with Crippen molar-refractivity contribution in [2.45, 2.75) is 19.4 Å². The van der Waals surface area contributed by atoms with Gasteiger partial charge in [-0.05, 0) is 36.6 Å². The molecular formula is C19H23NO2S. The zero-order valence-corrected chi connectivity index (χ0v) is 14.9. The molecule has 0 aliphatic carbocycles. The van der Waals surface area contributed by atoms with Crippen molar-refractivity contribution >= 4 is 17.2 Å². The lowest BCUT2D eigenvalue weighted by molar-refractivity contribution is 0.00637. The van der Waals surface area contributed by atoms with Crippen LogP contribution in [-0.4, -0.2) is 25.8 Å². The molecule has 0 radical (unpaired) electrons. The molecule has 23 heavy (non-hydrogen) atoms. The second-order valence-electron chi connectivity index (χ2n) is 5.53. The Morgan fingerprint density at radius 2 is 1.83 bits per heavy atom. The van der Waals surface area contributed by atoms with Gasteiger partial charge in [0, 0.05) is 14.2 Å². The van der Waals surface area contributed by atoms with E-state index in [0.29, 0.717) is 11.6 Å². The van der Waals surface area contributed by atoms with Crippen LogP contribution >= 0.6 is 12.2 Å². The number of nitrogens with one attached hydrogen (secondary N) is 1. The van der Waals surface area contributed by atoms with Crippen LogP contribution in [-0.2, 0) is 10.3 Å². The summed E-state index contributed by atoms with van der Waals surface area (Å²) in [4.78, 5) is 0.594. The fourth-order valence-electron chi connectivity index (χ4n) is 2.50. The number of aryl methyl sites for hydroxylation is 2. The first-order valence-corrected chi connectivity index (χ1v) is 7.97. The predicted molar refractivity (Wildman–Crippen MR) is 98.2 cm³/mol. The minimum atomic E-state index is -0.818. The molecule has 0 fully saturated rings. The first kappa shape index (κ1) is 17.4. The van der Waals surface area contributed by atoms with Crippen LogP contribution in [0, 0.1) is 13.8 Å². The van der Waals surface area contributed by atoms with E-state index in [4.69, 9.17) is 21.7 Å². The summed E-state index contributed by atoms with van der Waals surface area (Å²) < 4.78 is 11.9. The van der Waals surface area contributed by atoms with Crippen molar-refractivity contribution in [1.29, 1.82) is 0 Å². The van der Waals surface area contributed by atoms with Crippen molar-refractivity contribution in [2.75, 3.05) is 20.8 Å². The normalized spacial score (nSPS) is 13.2. The number of thiocarbonyl (C=S) groups is 1. The summed E-state index contributed by atoms with van der Waals surface area (Å²) in [5.41, 5.74) is 2.39. The van der Waals surface area contributed by atoms with Gasteiger partial charge in [0.15, 0.2) is 5.60 Å². The van der Waals surface area contributed by atoms with Crippen LogP contribution in [0.5, 0.6) is 5.75 Å². The Morgan fingerprint density at radius 3 is 2.43 bits per heavy atom. The molecule has 0 spiro atoms. The molecule has 2 aromatic carbocycles. The van der Waals surface area contributed by atoms with Crippen LogP contribution < -0.4 is 10.1 Å². The molecule has 0 saturated carbocycles. The zero-order valence-electron chi connectivity index (χ0n) is 14.1. The maximum atomic E-state index is 6.10. The number of likely N-dealkylation sites (N-methyl/N-ethyl adjacent to an activating group) is 1. The van der Waals surface area contributed by atoms with E-state index in [1.165, 1.54) is 0 Å². The van der Waals surface area contributed by atoms with Crippen molar-refractivity contribution in [1.82, 2.24) is 5.32 Å². The molecule has 0 saturated heterocycles. The first-order chi connectivity index (χ1) is 11.0. The van der Waals surface area contributed by atoms with E-state index in [-0.39, 0.29) is 0 Å². The molecule has 1 unspecified atom stereocenters. The topological polar surface area (TPSA) is 30.5 Å². The van der Waals surface area contributed by atoms with Crippen LogP contribution in [0.25, 0.3) is 0 Å². The molecule has 1 N–H and O–H groups in total. The Morgan fingerprint density at radius 1 is 1.13 bits per heavy atom. The Bertz CT molecular complexity index is 672. The molecule has 4 heteroatoms. The van der Waals surface area contributed by atoms with Gasteiger partial charge in [-0.3, -0.25) is 0 Å². The van der Waals surface area contributed by atoms with E-state index < -0.39 is 5.60 Å². The second-order valence-corrected chi connectivity index (χ2v) is 5.94. The second kappa shape index (κ2) is 7.57. The van der Waals surface area contributed by atoms with Crippen LogP contribution in [0.2, 0.25) is 0 Å². The van der Waals surface area contributed by atoms with Gasteiger partial charge in [0.05, 0.1) is 0 Å². The van der Waals surface area contributed by atoms with Crippen LogP contribution in [0.3, 0.4) is 0 Å². The molecule has 0 aromatic heterocycles. The fraction of sp³-hybridized carbons (Fsp3) is 0.316. The molecule has 2 aromatic rings. The van der Waals surface area contributed by atoms with Gasteiger partial charge in [-0.1, -0.05) is 54.7 Å². The van der Waals surface area contributed by atoms with Crippen LogP contribution in [0.15, 0.2) is 48.5 Å². The van der Waals surface area contributed by atoms with Crippen molar-refractivity contribution in [3.05, 3.63) is 65.2 Å². The number of hydrogen-bond donors (Lipinski definition) is 1. The van der Waals surface area contributed by atoms with Crippen LogP contribution in [0.1, 0.15) is 16.7 Å². The highest BCUT2D eigenvalue weighted by atomic mass is 32.1. The van der Waals surface area contributed by atoms with E-state index in [9.17, 15) is 0 Å². The van der Waals surface area contributed by atoms with Gasteiger partial charge in [-0.2, -0.15) is 0 Å². The molecule has 122 valence electrons. The quantitative estimate of drug-likeness (QED) is 0.817. The lowest BCUT2D eigenvalue weighted by Crippen LogP contribution is -2.47. The van der Waals surface area contributed by atoms with Crippen molar-refractivity contribution < 1.29 is 9.47 Å². The van der Waals surface area contributed by atoms with Crippen molar-refractivity contribution in [3.63, 3.8) is 0 Å². The summed E-state index contributed by atoms with van der Waals surface area (Å²) in [5.74, 6) is 0.848. The SMILES string of the molecule is CNC(=S)C(COc1cc(C)ccc1C)(OC)c1ccccc1. The molecule has 0 aliphatic rings. The number of methoxy groups -OCH3 is 1. The summed E-state index contributed by atoms with van der Waals surface area (Å²) in [7, 11) is 3.46. The summed E-state index contributed by atoms with van der Waals surface area (Å²) >= 11 is 5.53. The van der Waals surface area contributed by atoms with E-state index in [2.05, 4.69) is 17.4 Å².